The van der Waals surface area contributed by atoms with Crippen LogP contribution in [0.5, 0.6) is 17.2 Å². The number of ether oxygens (including phenoxy) is 3. The molecule has 0 fully saturated rings. The average Bonchev–Trinajstić information content (AvgIpc) is 2.81. The monoisotopic (exact) mass is 449 g/mol. The third kappa shape index (κ3) is 6.76. The van der Waals surface area contributed by atoms with E-state index in [1.54, 1.807) is 66.7 Å². The predicted molar refractivity (Wildman–Crippen MR) is 122 cm³/mol. The van der Waals surface area contributed by atoms with E-state index in [2.05, 4.69) is 5.32 Å². The van der Waals surface area contributed by atoms with Crippen LogP contribution in [0.15, 0.2) is 91.0 Å². The molecule has 3 aromatic carbocycles. The number of carbonyl (C=O) groups is 2. The summed E-state index contributed by atoms with van der Waals surface area (Å²) in [5.74, 6) is -0.699. The molecule has 0 saturated heterocycles. The minimum Gasteiger partial charge on any atom is -0.504 e. The van der Waals surface area contributed by atoms with Crippen molar-refractivity contribution < 1.29 is 34.0 Å². The molecule has 3 N–H and O–H groups in total. The third-order valence-corrected chi connectivity index (χ3v) is 4.53. The Morgan fingerprint density at radius 2 is 1.64 bits per heavy atom. The van der Waals surface area contributed by atoms with E-state index in [1.165, 1.54) is 25.3 Å². The quantitative estimate of drug-likeness (QED) is 0.403. The molecule has 0 radical (unpaired) electrons. The van der Waals surface area contributed by atoms with Crippen molar-refractivity contribution in [3.05, 3.63) is 96.6 Å². The summed E-state index contributed by atoms with van der Waals surface area (Å²) >= 11 is 0. The SMILES string of the molecule is COc1ccc([C@H](OC(=O)Nc2ccccc2)[C@H](/C=C/C(=O)O)Oc2ccccc2)cc1O. The van der Waals surface area contributed by atoms with Gasteiger partial charge in [0.05, 0.1) is 7.11 Å². The van der Waals surface area contributed by atoms with E-state index in [9.17, 15) is 14.7 Å². The van der Waals surface area contributed by atoms with Crippen LogP contribution in [0.4, 0.5) is 10.5 Å². The summed E-state index contributed by atoms with van der Waals surface area (Å²) in [6.45, 7) is 0. The number of hydrogen-bond acceptors (Lipinski definition) is 6. The van der Waals surface area contributed by atoms with Crippen LogP contribution in [-0.4, -0.2) is 35.5 Å². The molecule has 3 rings (SSSR count). The number of carbonyl (C=O) groups excluding carboxylic acids is 1. The van der Waals surface area contributed by atoms with Gasteiger partial charge in [-0.1, -0.05) is 42.5 Å². The van der Waals surface area contributed by atoms with Crippen LogP contribution >= 0.6 is 0 Å². The largest absolute Gasteiger partial charge is 0.504 e. The van der Waals surface area contributed by atoms with Crippen LogP contribution in [0.25, 0.3) is 0 Å². The Labute approximate surface area is 190 Å². The molecule has 8 heteroatoms. The first-order valence-corrected chi connectivity index (χ1v) is 9.98. The Hall–Kier alpha value is -4.46. The van der Waals surface area contributed by atoms with Gasteiger partial charge in [-0.2, -0.15) is 0 Å². The van der Waals surface area contributed by atoms with Crippen molar-refractivity contribution in [3.8, 4) is 17.2 Å². The number of rotatable bonds is 9. The van der Waals surface area contributed by atoms with Gasteiger partial charge >= 0.3 is 12.1 Å². The summed E-state index contributed by atoms with van der Waals surface area (Å²) < 4.78 is 16.7. The number of phenolic OH excluding ortho intramolecular Hbond substituents is 1. The topological polar surface area (TPSA) is 114 Å². The highest BCUT2D eigenvalue weighted by molar-refractivity contribution is 5.84. The van der Waals surface area contributed by atoms with Gasteiger partial charge in [-0.05, 0) is 42.5 Å². The number of benzene rings is 3. The summed E-state index contributed by atoms with van der Waals surface area (Å²) in [5, 5.41) is 22.0. The molecule has 0 saturated carbocycles. The van der Waals surface area contributed by atoms with E-state index in [0.29, 0.717) is 17.0 Å². The van der Waals surface area contributed by atoms with Crippen molar-refractivity contribution in [2.75, 3.05) is 12.4 Å². The first kappa shape index (κ1) is 23.2. The minimum absolute atomic E-state index is 0.173. The molecule has 2 atom stereocenters. The Bertz CT molecular complexity index is 1100. The second-order valence-electron chi connectivity index (χ2n) is 6.84. The fourth-order valence-corrected chi connectivity index (χ4v) is 3.03. The fourth-order valence-electron chi connectivity index (χ4n) is 3.03. The maximum atomic E-state index is 12.7. The van der Waals surface area contributed by atoms with Gasteiger partial charge in [-0.3, -0.25) is 5.32 Å². The van der Waals surface area contributed by atoms with Crippen molar-refractivity contribution in [3.63, 3.8) is 0 Å². The highest BCUT2D eigenvalue weighted by Gasteiger charge is 2.28. The summed E-state index contributed by atoms with van der Waals surface area (Å²) in [6.07, 6.45) is -0.745. The Morgan fingerprint density at radius 3 is 2.24 bits per heavy atom. The van der Waals surface area contributed by atoms with Gasteiger partial charge in [-0.15, -0.1) is 0 Å². The van der Waals surface area contributed by atoms with Crippen LogP contribution in [0.1, 0.15) is 11.7 Å². The highest BCUT2D eigenvalue weighted by Crippen LogP contribution is 2.33. The van der Waals surface area contributed by atoms with E-state index < -0.39 is 24.3 Å². The van der Waals surface area contributed by atoms with E-state index >= 15 is 0 Å². The molecule has 0 spiro atoms. The molecule has 170 valence electrons. The summed E-state index contributed by atoms with van der Waals surface area (Å²) in [4.78, 5) is 23.9. The predicted octanol–water partition coefficient (Wildman–Crippen LogP) is 4.78. The number of hydrogen-bond donors (Lipinski definition) is 3. The van der Waals surface area contributed by atoms with E-state index in [-0.39, 0.29) is 11.5 Å². The maximum absolute atomic E-state index is 12.7. The van der Waals surface area contributed by atoms with Gasteiger partial charge < -0.3 is 24.4 Å². The fraction of sp³-hybridized carbons (Fsp3) is 0.120. The second kappa shape index (κ2) is 11.2. The number of carboxylic acids is 1. The van der Waals surface area contributed by atoms with Gasteiger partial charge in [0, 0.05) is 17.3 Å². The van der Waals surface area contributed by atoms with Gasteiger partial charge in [0.2, 0.25) is 0 Å². The molecule has 8 nitrogen and oxygen atoms in total. The van der Waals surface area contributed by atoms with Crippen molar-refractivity contribution in [2.45, 2.75) is 12.2 Å². The molecule has 33 heavy (non-hydrogen) atoms. The molecule has 1 amide bonds. The molecule has 0 heterocycles. The summed E-state index contributed by atoms with van der Waals surface area (Å²) in [6, 6.07) is 21.9. The zero-order chi connectivity index (χ0) is 23.6. The molecule has 0 aliphatic rings. The number of carboxylic acid groups (broad SMARTS) is 1. The number of aromatic hydroxyl groups is 1. The molecule has 0 aliphatic carbocycles. The standard InChI is InChI=1S/C25H23NO7/c1-31-21-13-12-17(16-20(21)27)24(33-25(30)26-18-8-4-2-5-9-18)22(14-15-23(28)29)32-19-10-6-3-7-11-19/h2-16,22,24,27H,1H3,(H,26,30)(H,28,29)/b15-14+/t22-,24-/m0/s1. The Kier molecular flexibility index (Phi) is 7.91. The first-order valence-electron chi connectivity index (χ1n) is 9.98. The lowest BCUT2D eigenvalue weighted by Gasteiger charge is -2.26. The van der Waals surface area contributed by atoms with E-state index in [1.807, 2.05) is 0 Å². The molecule has 0 bridgehead atoms. The van der Waals surface area contributed by atoms with Crippen molar-refractivity contribution >= 4 is 17.7 Å². The average molecular weight is 449 g/mol. The molecular formula is C25H23NO7. The summed E-state index contributed by atoms with van der Waals surface area (Å²) in [5.41, 5.74) is 0.882. The molecular weight excluding hydrogens is 426 g/mol. The van der Waals surface area contributed by atoms with E-state index in [0.717, 1.165) is 6.08 Å². The van der Waals surface area contributed by atoms with Gasteiger partial charge in [-0.25, -0.2) is 9.59 Å². The zero-order valence-electron chi connectivity index (χ0n) is 17.8. The van der Waals surface area contributed by atoms with Crippen molar-refractivity contribution in [1.82, 2.24) is 0 Å². The van der Waals surface area contributed by atoms with Crippen LogP contribution in [-0.2, 0) is 9.53 Å². The van der Waals surface area contributed by atoms with Gasteiger partial charge in [0.25, 0.3) is 0 Å². The van der Waals surface area contributed by atoms with Crippen molar-refractivity contribution in [1.29, 1.82) is 0 Å². The number of anilines is 1. The van der Waals surface area contributed by atoms with Crippen LogP contribution < -0.4 is 14.8 Å². The lowest BCUT2D eigenvalue weighted by Crippen LogP contribution is -2.29. The van der Waals surface area contributed by atoms with E-state index in [4.69, 9.17) is 19.3 Å². The first-order chi connectivity index (χ1) is 16.0. The Balaban J connectivity index is 1.96. The Morgan fingerprint density at radius 1 is 0.970 bits per heavy atom. The number of para-hydroxylation sites is 2. The molecule has 0 aliphatic heterocycles. The molecule has 3 aromatic rings. The van der Waals surface area contributed by atoms with Crippen LogP contribution in [0, 0.1) is 0 Å². The third-order valence-electron chi connectivity index (χ3n) is 4.53. The second-order valence-corrected chi connectivity index (χ2v) is 6.84. The van der Waals surface area contributed by atoms with Gasteiger partial charge in [0.1, 0.15) is 5.75 Å². The number of amides is 1. The zero-order valence-corrected chi connectivity index (χ0v) is 17.8. The number of aliphatic carboxylic acids is 1. The van der Waals surface area contributed by atoms with Crippen LogP contribution in [0.2, 0.25) is 0 Å². The minimum atomic E-state index is -1.19. The number of phenols is 1. The van der Waals surface area contributed by atoms with Crippen molar-refractivity contribution in [2.24, 2.45) is 0 Å². The van der Waals surface area contributed by atoms with Gasteiger partial charge in [0.15, 0.2) is 23.7 Å². The molecule has 0 aromatic heterocycles. The number of nitrogens with one attached hydrogen (secondary N) is 1. The summed E-state index contributed by atoms with van der Waals surface area (Å²) in [7, 11) is 1.41. The maximum Gasteiger partial charge on any atom is 0.412 e. The van der Waals surface area contributed by atoms with Crippen LogP contribution in [0.3, 0.4) is 0 Å². The number of methoxy groups -OCH3 is 1. The highest BCUT2D eigenvalue weighted by atomic mass is 16.6. The lowest BCUT2D eigenvalue weighted by molar-refractivity contribution is -0.131. The normalized spacial score (nSPS) is 12.5. The molecule has 0 unspecified atom stereocenters. The lowest BCUT2D eigenvalue weighted by atomic mass is 10.0. The smallest absolute Gasteiger partial charge is 0.412 e.